The Kier molecular flexibility index (Phi) is 9.30. The third kappa shape index (κ3) is 7.05. The van der Waals surface area contributed by atoms with Crippen molar-refractivity contribution in [3.63, 3.8) is 0 Å². The molecule has 3 heterocycles. The van der Waals surface area contributed by atoms with Crippen molar-refractivity contribution < 1.29 is 4.79 Å². The molecule has 5 rings (SSSR count). The molecule has 0 saturated carbocycles. The van der Waals surface area contributed by atoms with Crippen LogP contribution in [0.3, 0.4) is 0 Å². The van der Waals surface area contributed by atoms with Crippen LogP contribution in [0.4, 0.5) is 23.0 Å². The second-order valence-electron chi connectivity index (χ2n) is 12.3. The number of nitrogens with one attached hydrogen (secondary N) is 1. The third-order valence-corrected chi connectivity index (χ3v) is 8.08. The number of nitriles is 1. The predicted molar refractivity (Wildman–Crippen MR) is 179 cm³/mol. The van der Waals surface area contributed by atoms with E-state index < -0.39 is 5.54 Å². The maximum Gasteiger partial charge on any atom is 0.274 e. The van der Waals surface area contributed by atoms with Crippen LogP contribution in [0.25, 0.3) is 11.1 Å². The van der Waals surface area contributed by atoms with Gasteiger partial charge in [-0.15, -0.1) is 10.2 Å². The van der Waals surface area contributed by atoms with Gasteiger partial charge < -0.3 is 19.7 Å². The molecule has 232 valence electrons. The van der Waals surface area contributed by atoms with Crippen molar-refractivity contribution in [2.24, 2.45) is 7.05 Å². The van der Waals surface area contributed by atoms with Gasteiger partial charge in [-0.2, -0.15) is 5.26 Å². The zero-order valence-corrected chi connectivity index (χ0v) is 26.6. The SMILES string of the molecule is Cc1c(-c2cc(Nc3ccc(N4CCN(CCC#N)CC4)nn3)c(=O)n(C)c2)cccc1N(C(=O)c1ccccc1)C(C)(C)C. The highest BCUT2D eigenvalue weighted by Crippen LogP contribution is 2.35. The molecule has 0 aliphatic carbocycles. The lowest BCUT2D eigenvalue weighted by Crippen LogP contribution is -2.46. The van der Waals surface area contributed by atoms with Gasteiger partial charge in [0.05, 0.1) is 6.07 Å². The fourth-order valence-corrected chi connectivity index (χ4v) is 5.72. The van der Waals surface area contributed by atoms with Crippen LogP contribution in [0.15, 0.2) is 77.7 Å². The molecular weight excluding hydrogens is 564 g/mol. The predicted octanol–water partition coefficient (Wildman–Crippen LogP) is 5.38. The Balaban J connectivity index is 1.40. The first-order valence-corrected chi connectivity index (χ1v) is 15.2. The number of pyridine rings is 1. The number of piperazine rings is 1. The summed E-state index contributed by atoms with van der Waals surface area (Å²) in [6.45, 7) is 12.3. The lowest BCUT2D eigenvalue weighted by atomic mass is 9.96. The number of hydrogen-bond donors (Lipinski definition) is 1. The van der Waals surface area contributed by atoms with E-state index in [1.807, 2.05) is 106 Å². The summed E-state index contributed by atoms with van der Waals surface area (Å²) in [7, 11) is 1.72. The Hall–Kier alpha value is -5.01. The number of nitrogens with zero attached hydrogens (tertiary/aromatic N) is 7. The number of carbonyl (C=O) groups is 1. The Morgan fingerprint density at radius 1 is 1.00 bits per heavy atom. The Morgan fingerprint density at radius 3 is 2.38 bits per heavy atom. The van der Waals surface area contributed by atoms with Crippen molar-refractivity contribution >= 4 is 28.9 Å². The summed E-state index contributed by atoms with van der Waals surface area (Å²) in [5.41, 5.74) is 3.81. The van der Waals surface area contributed by atoms with E-state index in [-0.39, 0.29) is 11.5 Å². The highest BCUT2D eigenvalue weighted by atomic mass is 16.2. The molecule has 2 aromatic carbocycles. The quantitative estimate of drug-likeness (QED) is 0.286. The smallest absolute Gasteiger partial charge is 0.274 e. The molecule has 1 aliphatic heterocycles. The Labute approximate surface area is 264 Å². The lowest BCUT2D eigenvalue weighted by molar-refractivity contribution is 0.0965. The van der Waals surface area contributed by atoms with Gasteiger partial charge in [0.1, 0.15) is 5.69 Å². The van der Waals surface area contributed by atoms with Crippen LogP contribution in [0, 0.1) is 18.3 Å². The third-order valence-electron chi connectivity index (χ3n) is 8.08. The molecular formula is C35H40N8O2. The normalized spacial score (nSPS) is 13.7. The van der Waals surface area contributed by atoms with Gasteiger partial charge in [0.25, 0.3) is 11.5 Å². The van der Waals surface area contributed by atoms with Gasteiger partial charge in [-0.25, -0.2) is 0 Å². The van der Waals surface area contributed by atoms with E-state index in [4.69, 9.17) is 5.26 Å². The van der Waals surface area contributed by atoms with Gasteiger partial charge in [0, 0.05) is 74.7 Å². The van der Waals surface area contributed by atoms with Crippen LogP contribution in [-0.4, -0.2) is 63.8 Å². The number of anilines is 4. The van der Waals surface area contributed by atoms with Gasteiger partial charge >= 0.3 is 0 Å². The number of benzene rings is 2. The molecule has 1 aliphatic rings. The highest BCUT2D eigenvalue weighted by Gasteiger charge is 2.30. The zero-order valence-electron chi connectivity index (χ0n) is 26.6. The average Bonchev–Trinajstić information content (AvgIpc) is 3.03. The summed E-state index contributed by atoms with van der Waals surface area (Å²) in [5.74, 6) is 1.18. The second kappa shape index (κ2) is 13.3. The molecule has 0 radical (unpaired) electrons. The number of aryl methyl sites for hydroxylation is 1. The van der Waals surface area contributed by atoms with Gasteiger partial charge in [-0.1, -0.05) is 30.3 Å². The van der Waals surface area contributed by atoms with Gasteiger partial charge in [0.2, 0.25) is 0 Å². The first-order chi connectivity index (χ1) is 21.6. The van der Waals surface area contributed by atoms with Crippen molar-refractivity contribution in [1.82, 2.24) is 19.7 Å². The van der Waals surface area contributed by atoms with E-state index in [0.717, 1.165) is 60.9 Å². The van der Waals surface area contributed by atoms with Crippen molar-refractivity contribution in [2.75, 3.05) is 47.8 Å². The first kappa shape index (κ1) is 31.4. The molecule has 0 bridgehead atoms. The summed E-state index contributed by atoms with van der Waals surface area (Å²) < 4.78 is 1.55. The maximum absolute atomic E-state index is 13.8. The lowest BCUT2D eigenvalue weighted by Gasteiger charge is -2.37. The number of aromatic nitrogens is 3. The summed E-state index contributed by atoms with van der Waals surface area (Å²) in [4.78, 5) is 33.2. The molecule has 1 saturated heterocycles. The van der Waals surface area contributed by atoms with Crippen molar-refractivity contribution in [3.8, 4) is 17.2 Å². The topological polar surface area (TPSA) is 110 Å². The second-order valence-corrected chi connectivity index (χ2v) is 12.3. The van der Waals surface area contributed by atoms with Crippen LogP contribution < -0.4 is 20.7 Å². The fourth-order valence-electron chi connectivity index (χ4n) is 5.72. The number of amides is 1. The van der Waals surface area contributed by atoms with Gasteiger partial charge in [-0.3, -0.25) is 14.5 Å². The van der Waals surface area contributed by atoms with Crippen molar-refractivity contribution in [3.05, 3.63) is 94.4 Å². The minimum absolute atomic E-state index is 0.0749. The Bertz CT molecular complexity index is 1750. The van der Waals surface area contributed by atoms with Crippen LogP contribution in [0.2, 0.25) is 0 Å². The molecule has 45 heavy (non-hydrogen) atoms. The molecule has 0 spiro atoms. The molecule has 1 amide bonds. The van der Waals surface area contributed by atoms with Gasteiger partial charge in [-0.05, 0) is 75.2 Å². The molecule has 1 N–H and O–H groups in total. The highest BCUT2D eigenvalue weighted by molar-refractivity contribution is 6.07. The van der Waals surface area contributed by atoms with E-state index in [2.05, 4.69) is 31.4 Å². The number of carbonyl (C=O) groups excluding carboxylic acids is 1. The summed E-state index contributed by atoms with van der Waals surface area (Å²) in [6, 6.07) is 23.0. The maximum atomic E-state index is 13.8. The van der Waals surface area contributed by atoms with Crippen LogP contribution in [0.1, 0.15) is 43.1 Å². The summed E-state index contributed by atoms with van der Waals surface area (Å²) in [6.07, 6.45) is 2.35. The average molecular weight is 605 g/mol. The van der Waals surface area contributed by atoms with Crippen molar-refractivity contribution in [2.45, 2.75) is 39.7 Å². The molecule has 0 unspecified atom stereocenters. The van der Waals surface area contributed by atoms with E-state index in [0.29, 0.717) is 23.5 Å². The summed E-state index contributed by atoms with van der Waals surface area (Å²) >= 11 is 0. The molecule has 10 nitrogen and oxygen atoms in total. The molecule has 1 fully saturated rings. The van der Waals surface area contributed by atoms with E-state index >= 15 is 0 Å². The van der Waals surface area contributed by atoms with Gasteiger partial charge in [0.15, 0.2) is 11.6 Å². The summed E-state index contributed by atoms with van der Waals surface area (Å²) in [5, 5.41) is 20.8. The van der Waals surface area contributed by atoms with Crippen LogP contribution in [0.5, 0.6) is 0 Å². The van der Waals surface area contributed by atoms with Crippen molar-refractivity contribution in [1.29, 1.82) is 5.26 Å². The first-order valence-electron chi connectivity index (χ1n) is 15.2. The Morgan fingerprint density at radius 2 is 1.73 bits per heavy atom. The molecule has 4 aromatic rings. The molecule has 10 heteroatoms. The zero-order chi connectivity index (χ0) is 32.1. The largest absolute Gasteiger partial charge is 0.353 e. The minimum Gasteiger partial charge on any atom is -0.353 e. The number of hydrogen-bond acceptors (Lipinski definition) is 8. The molecule has 0 atom stereocenters. The molecule has 2 aromatic heterocycles. The number of rotatable bonds is 8. The van der Waals surface area contributed by atoms with Crippen LogP contribution in [-0.2, 0) is 7.05 Å². The standard InChI is InChI=1S/C35H40N8O2/c1-25-28(13-9-14-30(25)43(35(2,3)4)33(44)26-11-7-6-8-12-26)27-23-29(34(45)40(5)24-27)37-31-15-16-32(39-38-31)42-21-19-41(20-22-42)18-10-17-36/h6-9,11-16,23-24H,10,18-22H2,1-5H3,(H,37,38). The van der Waals surface area contributed by atoms with Crippen LogP contribution >= 0.6 is 0 Å². The minimum atomic E-state index is -0.484. The van der Waals surface area contributed by atoms with E-state index in [9.17, 15) is 9.59 Å². The van der Waals surface area contributed by atoms with E-state index in [1.54, 1.807) is 11.6 Å². The monoisotopic (exact) mass is 604 g/mol. The van der Waals surface area contributed by atoms with E-state index in [1.165, 1.54) is 0 Å². The fraction of sp³-hybridized carbons (Fsp3) is 0.343.